The summed E-state index contributed by atoms with van der Waals surface area (Å²) in [5, 5.41) is 27.6. The molecule has 0 bridgehead atoms. The molecule has 0 radical (unpaired) electrons. The first kappa shape index (κ1) is 29.2. The number of carbonyl (C=O) groups is 1. The number of allylic oxidation sites excluding steroid dienone is 2. The zero-order valence-electron chi connectivity index (χ0n) is 24.3. The van der Waals surface area contributed by atoms with E-state index in [9.17, 15) is 37.6 Å². The number of anilines is 1. The van der Waals surface area contributed by atoms with Gasteiger partial charge in [0.05, 0.1) is 43.5 Å². The van der Waals surface area contributed by atoms with Crippen molar-refractivity contribution in [3.05, 3.63) is 49.3 Å². The van der Waals surface area contributed by atoms with Crippen molar-refractivity contribution in [1.29, 1.82) is 0 Å². The summed E-state index contributed by atoms with van der Waals surface area (Å²) in [6.07, 6.45) is 0.0242. The molecule has 0 unspecified atom stereocenters. The van der Waals surface area contributed by atoms with Crippen LogP contribution >= 0.6 is 0 Å². The molecule has 0 saturated heterocycles. The lowest BCUT2D eigenvalue weighted by Crippen LogP contribution is -2.16. The fraction of sp³-hybridized carbons (Fsp3) is 0.258. The first-order valence-electron chi connectivity index (χ1n) is 13.4. The maximum absolute atomic E-state index is 13.7. The highest BCUT2D eigenvalue weighted by molar-refractivity contribution is 7.85. The largest absolute Gasteiger partial charge is 0.505 e. The van der Waals surface area contributed by atoms with Crippen LogP contribution in [0.3, 0.4) is 0 Å². The van der Waals surface area contributed by atoms with Gasteiger partial charge < -0.3 is 29.7 Å². The minimum Gasteiger partial charge on any atom is -0.505 e. The molecule has 0 fully saturated rings. The van der Waals surface area contributed by atoms with E-state index >= 15 is 0 Å². The number of phenolic OH excluding ortho intramolecular Hbond substituents is 2. The summed E-state index contributed by atoms with van der Waals surface area (Å²) in [4.78, 5) is 40.6. The van der Waals surface area contributed by atoms with Gasteiger partial charge in [-0.25, -0.2) is 0 Å². The van der Waals surface area contributed by atoms with Gasteiger partial charge in [-0.05, 0) is 31.2 Å². The topological polar surface area (TPSA) is 186 Å². The number of aromatic hydroxyl groups is 2. The highest BCUT2D eigenvalue weighted by Gasteiger charge is 2.35. The minimum absolute atomic E-state index is 0.00773. The number of methoxy groups -OCH3 is 3. The SMILES string of the molecule is COc1c(O)c2c(=O)cc(OC)c3c4c(OC)cc(=O)c5c(O)c(NCCS(=O)(=O)O)c6c(c(c1C(C(C)=O)=C(C)C6)c23)c54. The van der Waals surface area contributed by atoms with Gasteiger partial charge in [0.15, 0.2) is 33.9 Å². The van der Waals surface area contributed by atoms with Crippen molar-refractivity contribution < 1.29 is 42.2 Å². The maximum atomic E-state index is 13.7. The molecular formula is C31H27NO11S. The molecule has 0 aromatic heterocycles. The quantitative estimate of drug-likeness (QED) is 0.0856. The summed E-state index contributed by atoms with van der Waals surface area (Å²) in [5.41, 5.74) is 0.0538. The summed E-state index contributed by atoms with van der Waals surface area (Å²) in [7, 11) is -0.380. The number of benzene rings is 5. The van der Waals surface area contributed by atoms with E-state index in [1.807, 2.05) is 0 Å². The fourth-order valence-electron chi connectivity index (χ4n) is 6.75. The smallest absolute Gasteiger partial charge is 0.266 e. The average Bonchev–Trinajstić information content (AvgIpc) is 3.08. The monoisotopic (exact) mass is 621 g/mol. The van der Waals surface area contributed by atoms with Crippen molar-refractivity contribution in [2.24, 2.45) is 0 Å². The molecule has 12 nitrogen and oxygen atoms in total. The normalized spacial score (nSPS) is 13.4. The van der Waals surface area contributed by atoms with Crippen LogP contribution in [0, 0.1) is 0 Å². The Morgan fingerprint density at radius 1 is 0.841 bits per heavy atom. The van der Waals surface area contributed by atoms with Gasteiger partial charge in [0.2, 0.25) is 0 Å². The molecular weight excluding hydrogens is 594 g/mol. The Morgan fingerprint density at radius 2 is 1.39 bits per heavy atom. The minimum atomic E-state index is -4.39. The predicted octanol–water partition coefficient (Wildman–Crippen LogP) is 3.55. The maximum Gasteiger partial charge on any atom is 0.266 e. The van der Waals surface area contributed by atoms with Crippen LogP contribution < -0.4 is 30.4 Å². The third-order valence-electron chi connectivity index (χ3n) is 8.29. The Labute approximate surface area is 249 Å². The van der Waals surface area contributed by atoms with Crippen LogP contribution in [0.1, 0.15) is 25.0 Å². The van der Waals surface area contributed by atoms with Crippen LogP contribution in [-0.4, -0.2) is 62.6 Å². The van der Waals surface area contributed by atoms with Crippen molar-refractivity contribution in [2.75, 3.05) is 38.9 Å². The van der Waals surface area contributed by atoms with Crippen LogP contribution in [0.5, 0.6) is 28.7 Å². The zero-order valence-corrected chi connectivity index (χ0v) is 25.1. The van der Waals surface area contributed by atoms with Crippen molar-refractivity contribution >= 4 is 70.3 Å². The Balaban J connectivity index is 2.06. The number of Topliss-reactive ketones (excluding diaryl/α,β-unsaturated/α-hetero) is 1. The van der Waals surface area contributed by atoms with E-state index in [1.165, 1.54) is 40.4 Å². The predicted molar refractivity (Wildman–Crippen MR) is 166 cm³/mol. The van der Waals surface area contributed by atoms with Crippen molar-refractivity contribution in [2.45, 2.75) is 20.3 Å². The zero-order chi connectivity index (χ0) is 32.0. The van der Waals surface area contributed by atoms with E-state index in [1.54, 1.807) is 6.92 Å². The summed E-state index contributed by atoms with van der Waals surface area (Å²) in [5.74, 6) is -1.97. The van der Waals surface area contributed by atoms with E-state index < -0.39 is 38.2 Å². The van der Waals surface area contributed by atoms with Crippen LogP contribution in [0.4, 0.5) is 5.69 Å². The number of rotatable bonds is 8. The molecule has 0 amide bonds. The molecule has 5 aromatic rings. The second-order valence-corrected chi connectivity index (χ2v) is 12.3. The highest BCUT2D eigenvalue weighted by Crippen LogP contribution is 2.57. The molecule has 0 atom stereocenters. The molecule has 13 heteroatoms. The lowest BCUT2D eigenvalue weighted by atomic mass is 9.82. The molecule has 0 saturated carbocycles. The number of fused-ring (bicyclic) bond motifs is 1. The summed E-state index contributed by atoms with van der Waals surface area (Å²) < 4.78 is 49.4. The van der Waals surface area contributed by atoms with Crippen LogP contribution in [0.25, 0.3) is 48.7 Å². The third kappa shape index (κ3) is 3.85. The van der Waals surface area contributed by atoms with Gasteiger partial charge in [0, 0.05) is 56.7 Å². The molecule has 0 heterocycles. The van der Waals surface area contributed by atoms with E-state index in [-0.39, 0.29) is 74.4 Å². The van der Waals surface area contributed by atoms with Gasteiger partial charge in [-0.1, -0.05) is 5.57 Å². The van der Waals surface area contributed by atoms with E-state index in [0.717, 1.165) is 0 Å². The van der Waals surface area contributed by atoms with Crippen molar-refractivity contribution in [3.63, 3.8) is 0 Å². The van der Waals surface area contributed by atoms with E-state index in [0.29, 0.717) is 32.7 Å². The number of phenols is 2. The Kier molecular flexibility index (Phi) is 6.52. The van der Waals surface area contributed by atoms with Gasteiger partial charge in [-0.3, -0.25) is 18.9 Å². The number of hydrogen-bond donors (Lipinski definition) is 4. The number of nitrogens with one attached hydrogen (secondary N) is 1. The number of ketones is 1. The van der Waals surface area contributed by atoms with Gasteiger partial charge in [-0.2, -0.15) is 8.42 Å². The number of carbonyl (C=O) groups excluding carboxylic acids is 1. The second-order valence-electron chi connectivity index (χ2n) is 10.7. The third-order valence-corrected chi connectivity index (χ3v) is 9.01. The van der Waals surface area contributed by atoms with Crippen LogP contribution in [-0.2, 0) is 21.3 Å². The van der Waals surface area contributed by atoms with Gasteiger partial charge in [0.1, 0.15) is 11.5 Å². The lowest BCUT2D eigenvalue weighted by molar-refractivity contribution is -0.111. The van der Waals surface area contributed by atoms with Gasteiger partial charge >= 0.3 is 0 Å². The molecule has 6 rings (SSSR count). The molecule has 5 aromatic carbocycles. The molecule has 1 aliphatic carbocycles. The van der Waals surface area contributed by atoms with E-state index in [4.69, 9.17) is 14.2 Å². The van der Waals surface area contributed by atoms with Crippen LogP contribution in [0.15, 0.2) is 27.3 Å². The molecule has 228 valence electrons. The summed E-state index contributed by atoms with van der Waals surface area (Å²) >= 11 is 0. The van der Waals surface area contributed by atoms with Gasteiger partial charge in [0.25, 0.3) is 10.1 Å². The Morgan fingerprint density at radius 3 is 1.89 bits per heavy atom. The molecule has 44 heavy (non-hydrogen) atoms. The molecule has 0 spiro atoms. The number of ether oxygens (including phenoxy) is 3. The molecule has 4 N–H and O–H groups in total. The van der Waals surface area contributed by atoms with Crippen LogP contribution in [0.2, 0.25) is 0 Å². The van der Waals surface area contributed by atoms with Gasteiger partial charge in [-0.15, -0.1) is 0 Å². The fourth-order valence-corrected chi connectivity index (χ4v) is 7.11. The lowest BCUT2D eigenvalue weighted by Gasteiger charge is -2.24. The average molecular weight is 622 g/mol. The van der Waals surface area contributed by atoms with E-state index in [2.05, 4.69) is 5.32 Å². The summed E-state index contributed by atoms with van der Waals surface area (Å²) in [6.45, 7) is 2.70. The van der Waals surface area contributed by atoms with Crippen molar-refractivity contribution in [1.82, 2.24) is 0 Å². The van der Waals surface area contributed by atoms with Crippen molar-refractivity contribution in [3.8, 4) is 28.7 Å². The standard InChI is InChI=1S/C31H27NO11S/c1-11-8-13-19-24-20(29(36)28(13)32-6-7-44(38,39)40)14(34)9-16(41-3)22(24)23-17(42-4)10-15(35)21-26(23)25(19)27(18(11)12(2)33)31(43-5)30(21)37/h9-10,32,36-37H,6-8H2,1-5H3,(H,38,39,40). The Bertz CT molecular complexity index is 2360. The molecule has 1 aliphatic rings. The second kappa shape index (κ2) is 9.82. The first-order valence-corrected chi connectivity index (χ1v) is 15.0. The first-order chi connectivity index (χ1) is 20.8. The molecule has 0 aliphatic heterocycles. The summed E-state index contributed by atoms with van der Waals surface area (Å²) in [6, 6.07) is 2.37. The Hall–Kier alpha value is -4.88. The highest BCUT2D eigenvalue weighted by atomic mass is 32.2. The number of hydrogen-bond acceptors (Lipinski definition) is 11.